The van der Waals surface area contributed by atoms with Crippen molar-refractivity contribution in [1.82, 2.24) is 10.3 Å². The van der Waals surface area contributed by atoms with Gasteiger partial charge in [0.2, 0.25) is 0 Å². The van der Waals surface area contributed by atoms with Crippen LogP contribution >= 0.6 is 0 Å². The smallest absolute Gasteiger partial charge is 0.251 e. The monoisotopic (exact) mass is 369 g/mol. The number of hydrogen-bond donors (Lipinski definition) is 2. The number of anilines is 1. The Morgan fingerprint density at radius 2 is 1.89 bits per heavy atom. The first-order chi connectivity index (χ1) is 13.2. The summed E-state index contributed by atoms with van der Waals surface area (Å²) >= 11 is 0. The van der Waals surface area contributed by atoms with E-state index in [0.717, 1.165) is 11.4 Å². The summed E-state index contributed by atoms with van der Waals surface area (Å²) in [4.78, 5) is 16.8. The maximum Gasteiger partial charge on any atom is 0.251 e. The van der Waals surface area contributed by atoms with Crippen LogP contribution in [0.15, 0.2) is 36.5 Å². The van der Waals surface area contributed by atoms with E-state index in [9.17, 15) is 4.79 Å². The van der Waals surface area contributed by atoms with Crippen molar-refractivity contribution in [1.29, 1.82) is 0 Å². The Balaban J connectivity index is 1.53. The van der Waals surface area contributed by atoms with Crippen LogP contribution in [0.2, 0.25) is 0 Å². The van der Waals surface area contributed by atoms with Gasteiger partial charge in [-0.3, -0.25) is 4.79 Å². The number of ether oxygens (including phenoxy) is 2. The predicted octanol–water partition coefficient (Wildman–Crippen LogP) is 3.43. The lowest BCUT2D eigenvalue weighted by atomic mass is 10.1. The zero-order chi connectivity index (χ0) is 19.1. The third kappa shape index (κ3) is 5.12. The number of amides is 1. The molecule has 6 heteroatoms. The van der Waals surface area contributed by atoms with Crippen molar-refractivity contribution < 1.29 is 14.3 Å². The van der Waals surface area contributed by atoms with Gasteiger partial charge in [0, 0.05) is 24.3 Å². The van der Waals surface area contributed by atoms with Gasteiger partial charge in [0.15, 0.2) is 11.5 Å². The number of hydrogen-bond acceptors (Lipinski definition) is 5. The fourth-order valence-corrected chi connectivity index (χ4v) is 3.39. The molecule has 6 nitrogen and oxygen atoms in total. The number of rotatable bonds is 8. The molecule has 2 N–H and O–H groups in total. The Bertz CT molecular complexity index is 773. The summed E-state index contributed by atoms with van der Waals surface area (Å²) in [6, 6.07) is 9.82. The fraction of sp³-hybridized carbons (Fsp3) is 0.429. The number of methoxy groups -OCH3 is 2. The van der Waals surface area contributed by atoms with Gasteiger partial charge in [-0.25, -0.2) is 4.98 Å². The second kappa shape index (κ2) is 9.26. The molecule has 27 heavy (non-hydrogen) atoms. The standard InChI is InChI=1S/C21H27N3O3/c1-26-18-8-7-15(13-19(18)27-2)9-11-23-21(25)16-10-12-22-20(14-16)24-17-5-3-4-6-17/h7-8,10,12-14,17H,3-6,9,11H2,1-2H3,(H,22,24)(H,23,25). The highest BCUT2D eigenvalue weighted by Gasteiger charge is 2.15. The maximum atomic E-state index is 12.4. The summed E-state index contributed by atoms with van der Waals surface area (Å²) in [5.41, 5.74) is 1.70. The van der Waals surface area contributed by atoms with Crippen molar-refractivity contribution in [2.24, 2.45) is 0 Å². The van der Waals surface area contributed by atoms with E-state index in [0.29, 0.717) is 36.1 Å². The molecule has 0 radical (unpaired) electrons. The number of benzene rings is 1. The van der Waals surface area contributed by atoms with Gasteiger partial charge in [0.05, 0.1) is 14.2 Å². The van der Waals surface area contributed by atoms with Crippen molar-refractivity contribution in [3.05, 3.63) is 47.7 Å². The quantitative estimate of drug-likeness (QED) is 0.746. The van der Waals surface area contributed by atoms with Crippen LogP contribution in [0.5, 0.6) is 11.5 Å². The zero-order valence-corrected chi connectivity index (χ0v) is 16.0. The van der Waals surface area contributed by atoms with Gasteiger partial charge in [0.1, 0.15) is 5.82 Å². The molecule has 2 aromatic rings. The van der Waals surface area contributed by atoms with Gasteiger partial charge in [-0.15, -0.1) is 0 Å². The highest BCUT2D eigenvalue weighted by molar-refractivity contribution is 5.94. The molecule has 1 aromatic heterocycles. The third-order valence-electron chi connectivity index (χ3n) is 4.88. The van der Waals surface area contributed by atoms with Gasteiger partial charge < -0.3 is 20.1 Å². The Morgan fingerprint density at radius 1 is 1.11 bits per heavy atom. The van der Waals surface area contributed by atoms with Crippen molar-refractivity contribution in [2.75, 3.05) is 26.1 Å². The Labute approximate surface area is 160 Å². The van der Waals surface area contributed by atoms with E-state index in [4.69, 9.17) is 9.47 Å². The highest BCUT2D eigenvalue weighted by atomic mass is 16.5. The summed E-state index contributed by atoms with van der Waals surface area (Å²) in [6.45, 7) is 0.544. The van der Waals surface area contributed by atoms with Crippen molar-refractivity contribution in [2.45, 2.75) is 38.1 Å². The van der Waals surface area contributed by atoms with Crippen LogP contribution in [0, 0.1) is 0 Å². The second-order valence-corrected chi connectivity index (χ2v) is 6.75. The second-order valence-electron chi connectivity index (χ2n) is 6.75. The molecule has 0 spiro atoms. The first-order valence-electron chi connectivity index (χ1n) is 9.41. The number of carbonyl (C=O) groups is 1. The number of nitrogens with zero attached hydrogens (tertiary/aromatic N) is 1. The molecule has 0 atom stereocenters. The molecule has 1 aromatic carbocycles. The molecule has 0 unspecified atom stereocenters. The first kappa shape index (κ1) is 19.0. The largest absolute Gasteiger partial charge is 0.493 e. The molecule has 1 amide bonds. The Morgan fingerprint density at radius 3 is 2.63 bits per heavy atom. The Hall–Kier alpha value is -2.76. The summed E-state index contributed by atoms with van der Waals surface area (Å²) < 4.78 is 10.6. The number of aromatic nitrogens is 1. The topological polar surface area (TPSA) is 72.5 Å². The molecule has 3 rings (SSSR count). The minimum atomic E-state index is -0.0904. The van der Waals surface area contributed by atoms with Crippen LogP contribution in [-0.4, -0.2) is 37.7 Å². The molecular weight excluding hydrogens is 342 g/mol. The minimum Gasteiger partial charge on any atom is -0.493 e. The molecule has 1 aliphatic rings. The van der Waals surface area contributed by atoms with E-state index >= 15 is 0 Å². The summed E-state index contributed by atoms with van der Waals surface area (Å²) in [5, 5.41) is 6.39. The van der Waals surface area contributed by atoms with Crippen molar-refractivity contribution >= 4 is 11.7 Å². The molecule has 1 saturated carbocycles. The minimum absolute atomic E-state index is 0.0904. The maximum absolute atomic E-state index is 12.4. The molecule has 1 heterocycles. The normalized spacial score (nSPS) is 14.0. The lowest BCUT2D eigenvalue weighted by Gasteiger charge is -2.13. The first-order valence-corrected chi connectivity index (χ1v) is 9.41. The van der Waals surface area contributed by atoms with E-state index in [-0.39, 0.29) is 5.91 Å². The van der Waals surface area contributed by atoms with Crippen LogP contribution in [-0.2, 0) is 6.42 Å². The number of carbonyl (C=O) groups excluding carboxylic acids is 1. The van der Waals surface area contributed by atoms with E-state index < -0.39 is 0 Å². The van der Waals surface area contributed by atoms with Gasteiger partial charge in [-0.1, -0.05) is 18.9 Å². The van der Waals surface area contributed by atoms with Crippen LogP contribution in [0.1, 0.15) is 41.6 Å². The average molecular weight is 369 g/mol. The van der Waals surface area contributed by atoms with Crippen LogP contribution in [0.3, 0.4) is 0 Å². The van der Waals surface area contributed by atoms with Crippen molar-refractivity contribution in [3.63, 3.8) is 0 Å². The third-order valence-corrected chi connectivity index (χ3v) is 4.88. The van der Waals surface area contributed by atoms with E-state index in [1.165, 1.54) is 25.7 Å². The van der Waals surface area contributed by atoms with Gasteiger partial charge in [-0.2, -0.15) is 0 Å². The van der Waals surface area contributed by atoms with Crippen LogP contribution in [0.4, 0.5) is 5.82 Å². The molecule has 0 bridgehead atoms. The molecular formula is C21H27N3O3. The summed E-state index contributed by atoms with van der Waals surface area (Å²) in [7, 11) is 3.23. The van der Waals surface area contributed by atoms with E-state index in [1.807, 2.05) is 24.3 Å². The molecule has 1 fully saturated rings. The fourth-order valence-electron chi connectivity index (χ4n) is 3.39. The van der Waals surface area contributed by atoms with Gasteiger partial charge >= 0.3 is 0 Å². The van der Waals surface area contributed by atoms with Gasteiger partial charge in [0.25, 0.3) is 5.91 Å². The Kier molecular flexibility index (Phi) is 6.52. The van der Waals surface area contributed by atoms with Gasteiger partial charge in [-0.05, 0) is 49.1 Å². The molecule has 144 valence electrons. The average Bonchev–Trinajstić information content (AvgIpc) is 3.21. The number of nitrogens with one attached hydrogen (secondary N) is 2. The number of pyridine rings is 1. The highest BCUT2D eigenvalue weighted by Crippen LogP contribution is 2.27. The molecule has 0 aliphatic heterocycles. The van der Waals surface area contributed by atoms with E-state index in [2.05, 4.69) is 15.6 Å². The van der Waals surface area contributed by atoms with Crippen LogP contribution < -0.4 is 20.1 Å². The SMILES string of the molecule is COc1ccc(CCNC(=O)c2ccnc(NC3CCCC3)c2)cc1OC. The zero-order valence-electron chi connectivity index (χ0n) is 16.0. The van der Waals surface area contributed by atoms with E-state index in [1.54, 1.807) is 26.5 Å². The van der Waals surface area contributed by atoms with Crippen LogP contribution in [0.25, 0.3) is 0 Å². The predicted molar refractivity (Wildman–Crippen MR) is 106 cm³/mol. The summed E-state index contributed by atoms with van der Waals surface area (Å²) in [5.74, 6) is 2.07. The lowest BCUT2D eigenvalue weighted by Crippen LogP contribution is -2.26. The lowest BCUT2D eigenvalue weighted by molar-refractivity contribution is 0.0954. The summed E-state index contributed by atoms with van der Waals surface area (Å²) in [6.07, 6.45) is 7.25. The van der Waals surface area contributed by atoms with Crippen molar-refractivity contribution in [3.8, 4) is 11.5 Å². The molecule has 0 saturated heterocycles. The molecule has 1 aliphatic carbocycles.